The molecule has 2 rings (SSSR count). The number of fused-ring (bicyclic) bond motifs is 1. The van der Waals surface area contributed by atoms with E-state index >= 15 is 0 Å². The maximum Gasteiger partial charge on any atom is 0.0940 e. The smallest absolute Gasteiger partial charge is 0.0940 e. The van der Waals surface area contributed by atoms with Crippen molar-refractivity contribution < 1.29 is 5.11 Å². The Morgan fingerprint density at radius 2 is 1.87 bits per heavy atom. The molecule has 0 amide bonds. The summed E-state index contributed by atoms with van der Waals surface area (Å²) in [4.78, 5) is 0. The van der Waals surface area contributed by atoms with Gasteiger partial charge in [0, 0.05) is 5.56 Å². The third kappa shape index (κ3) is 2.20. The van der Waals surface area contributed by atoms with Gasteiger partial charge in [0.25, 0.3) is 0 Å². The van der Waals surface area contributed by atoms with Crippen LogP contribution in [-0.2, 0) is 0 Å². The van der Waals surface area contributed by atoms with E-state index < -0.39 is 0 Å². The molecule has 0 bridgehead atoms. The highest BCUT2D eigenvalue weighted by Crippen LogP contribution is 2.23. The molecule has 0 aliphatic heterocycles. The molecule has 0 saturated heterocycles. The number of aliphatic hydroxyl groups is 1. The minimum atomic E-state index is 0.0298. The molecule has 1 nitrogen and oxygen atoms in total. The van der Waals surface area contributed by atoms with Gasteiger partial charge >= 0.3 is 0 Å². The molecule has 2 aromatic carbocycles. The highest BCUT2D eigenvalue weighted by molar-refractivity contribution is 8.23. The van der Waals surface area contributed by atoms with Gasteiger partial charge in [0.15, 0.2) is 0 Å². The second-order valence-corrected chi connectivity index (χ2v) is 4.71. The predicted octanol–water partition coefficient (Wildman–Crippen LogP) is 3.20. The fourth-order valence-electron chi connectivity index (χ4n) is 1.54. The van der Waals surface area contributed by atoms with Gasteiger partial charge < -0.3 is 5.11 Å². The van der Waals surface area contributed by atoms with E-state index in [4.69, 9.17) is 17.3 Å². The molecule has 0 saturated carbocycles. The van der Waals surface area contributed by atoms with Gasteiger partial charge in [0.2, 0.25) is 0 Å². The van der Waals surface area contributed by atoms with Crippen molar-refractivity contribution in [1.82, 2.24) is 0 Å². The number of hydrogen-bond acceptors (Lipinski definition) is 3. The molecule has 0 aliphatic rings. The largest absolute Gasteiger partial charge is 0.385 e. The summed E-state index contributed by atoms with van der Waals surface area (Å²) in [7, 11) is 0. The van der Waals surface area contributed by atoms with Crippen molar-refractivity contribution in [3.8, 4) is 0 Å². The number of thioether (sulfide) groups is 1. The Balaban J connectivity index is 2.56. The fraction of sp³-hybridized carbons (Fsp3) is 0.0833. The van der Waals surface area contributed by atoms with Crippen LogP contribution in [0.4, 0.5) is 0 Å². The lowest BCUT2D eigenvalue weighted by atomic mass is 10.1. The van der Waals surface area contributed by atoms with Crippen LogP contribution in [0.1, 0.15) is 5.56 Å². The number of rotatable bonds is 2. The van der Waals surface area contributed by atoms with Crippen molar-refractivity contribution in [2.75, 3.05) is 5.94 Å². The maximum absolute atomic E-state index is 8.85. The van der Waals surface area contributed by atoms with E-state index in [9.17, 15) is 0 Å². The Hall–Kier alpha value is -0.900. The normalized spacial score (nSPS) is 10.5. The lowest BCUT2D eigenvalue weighted by Crippen LogP contribution is -1.94. The zero-order valence-corrected chi connectivity index (χ0v) is 9.65. The molecular weight excluding hydrogens is 224 g/mol. The Labute approximate surface area is 98.1 Å². The van der Waals surface area contributed by atoms with Crippen molar-refractivity contribution in [3.63, 3.8) is 0 Å². The Morgan fingerprint density at radius 3 is 2.67 bits per heavy atom. The van der Waals surface area contributed by atoms with E-state index in [0.29, 0.717) is 0 Å². The topological polar surface area (TPSA) is 20.2 Å². The third-order valence-corrected chi connectivity index (χ3v) is 3.39. The van der Waals surface area contributed by atoms with Crippen LogP contribution in [0.3, 0.4) is 0 Å². The highest BCUT2D eigenvalue weighted by atomic mass is 32.2. The lowest BCUT2D eigenvalue weighted by molar-refractivity contribution is 0.376. The number of benzene rings is 2. The summed E-state index contributed by atoms with van der Waals surface area (Å²) in [6.07, 6.45) is 0. The van der Waals surface area contributed by atoms with Gasteiger partial charge in [-0.2, -0.15) is 0 Å². The van der Waals surface area contributed by atoms with Crippen LogP contribution in [-0.4, -0.2) is 15.2 Å². The summed E-state index contributed by atoms with van der Waals surface area (Å²) >= 11 is 6.54. The second kappa shape index (κ2) is 4.75. The van der Waals surface area contributed by atoms with Gasteiger partial charge in [-0.1, -0.05) is 66.4 Å². The van der Waals surface area contributed by atoms with Crippen molar-refractivity contribution >= 4 is 38.9 Å². The molecule has 0 atom stereocenters. The summed E-state index contributed by atoms with van der Waals surface area (Å²) < 4.78 is 0.745. The van der Waals surface area contributed by atoms with Crippen molar-refractivity contribution in [1.29, 1.82) is 0 Å². The quantitative estimate of drug-likeness (QED) is 0.636. The first-order valence-corrected chi connectivity index (χ1v) is 5.98. The van der Waals surface area contributed by atoms with Crippen molar-refractivity contribution in [2.45, 2.75) is 0 Å². The average Bonchev–Trinajstić information content (AvgIpc) is 2.28. The molecule has 0 aliphatic carbocycles. The highest BCUT2D eigenvalue weighted by Gasteiger charge is 2.05. The molecule has 0 unspecified atom stereocenters. The Bertz CT molecular complexity index is 488. The van der Waals surface area contributed by atoms with Crippen LogP contribution in [0.15, 0.2) is 42.5 Å². The molecule has 3 heteroatoms. The molecule has 1 N–H and O–H groups in total. The van der Waals surface area contributed by atoms with E-state index in [-0.39, 0.29) is 5.94 Å². The molecular formula is C12H10OS2. The first-order chi connectivity index (χ1) is 7.33. The van der Waals surface area contributed by atoms with Crippen LogP contribution in [0, 0.1) is 0 Å². The molecule has 0 spiro atoms. The zero-order valence-electron chi connectivity index (χ0n) is 8.01. The summed E-state index contributed by atoms with van der Waals surface area (Å²) in [5, 5.41) is 11.2. The van der Waals surface area contributed by atoms with Crippen LogP contribution in [0.25, 0.3) is 10.8 Å². The summed E-state index contributed by atoms with van der Waals surface area (Å²) in [6.45, 7) is 0. The van der Waals surface area contributed by atoms with Crippen LogP contribution < -0.4 is 0 Å². The second-order valence-electron chi connectivity index (χ2n) is 3.09. The molecule has 0 radical (unpaired) electrons. The number of hydrogen-bond donors (Lipinski definition) is 1. The molecule has 76 valence electrons. The van der Waals surface area contributed by atoms with E-state index in [1.807, 2.05) is 24.3 Å². The van der Waals surface area contributed by atoms with Gasteiger partial charge in [-0.25, -0.2) is 0 Å². The minimum Gasteiger partial charge on any atom is -0.385 e. The average molecular weight is 234 g/mol. The first kappa shape index (κ1) is 10.6. The van der Waals surface area contributed by atoms with Gasteiger partial charge in [0.05, 0.1) is 10.1 Å². The zero-order chi connectivity index (χ0) is 10.7. The molecule has 2 aromatic rings. The summed E-state index contributed by atoms with van der Waals surface area (Å²) in [6, 6.07) is 14.2. The SMILES string of the molecule is OCSC(=S)c1cccc2ccccc12. The molecule has 15 heavy (non-hydrogen) atoms. The fourth-order valence-corrected chi connectivity index (χ4v) is 2.33. The van der Waals surface area contributed by atoms with Crippen LogP contribution in [0.2, 0.25) is 0 Å². The maximum atomic E-state index is 8.85. The minimum absolute atomic E-state index is 0.0298. The van der Waals surface area contributed by atoms with Crippen molar-refractivity contribution in [3.05, 3.63) is 48.0 Å². The molecule has 0 aromatic heterocycles. The van der Waals surface area contributed by atoms with Crippen LogP contribution >= 0.6 is 24.0 Å². The van der Waals surface area contributed by atoms with E-state index in [1.165, 1.54) is 17.1 Å². The standard InChI is InChI=1S/C12H10OS2/c13-8-15-12(14)11-7-3-5-9-4-1-2-6-10(9)11/h1-7,13H,8H2. The van der Waals surface area contributed by atoms with Crippen molar-refractivity contribution in [2.24, 2.45) is 0 Å². The Kier molecular flexibility index (Phi) is 3.36. The summed E-state index contributed by atoms with van der Waals surface area (Å²) in [5.74, 6) is 0.0298. The predicted molar refractivity (Wildman–Crippen MR) is 70.3 cm³/mol. The number of aliphatic hydroxyl groups excluding tert-OH is 1. The Morgan fingerprint density at radius 1 is 1.13 bits per heavy atom. The number of thiocarbonyl (C=S) groups is 1. The van der Waals surface area contributed by atoms with Gasteiger partial charge in [0.1, 0.15) is 0 Å². The van der Waals surface area contributed by atoms with Crippen LogP contribution in [0.5, 0.6) is 0 Å². The lowest BCUT2D eigenvalue weighted by Gasteiger charge is -2.06. The monoisotopic (exact) mass is 234 g/mol. The molecule has 0 heterocycles. The van der Waals surface area contributed by atoms with Gasteiger partial charge in [-0.05, 0) is 10.8 Å². The molecule has 0 fully saturated rings. The van der Waals surface area contributed by atoms with Gasteiger partial charge in [-0.3, -0.25) is 0 Å². The van der Waals surface area contributed by atoms with Gasteiger partial charge in [-0.15, -0.1) is 0 Å². The first-order valence-electron chi connectivity index (χ1n) is 4.58. The van der Waals surface area contributed by atoms with E-state index in [0.717, 1.165) is 15.1 Å². The third-order valence-electron chi connectivity index (χ3n) is 2.21. The van der Waals surface area contributed by atoms with E-state index in [2.05, 4.69) is 18.2 Å². The van der Waals surface area contributed by atoms with E-state index in [1.54, 1.807) is 0 Å². The summed E-state index contributed by atoms with van der Waals surface area (Å²) in [5.41, 5.74) is 1.03.